The van der Waals surface area contributed by atoms with Crippen LogP contribution in [0, 0.1) is 0 Å². The van der Waals surface area contributed by atoms with Crippen LogP contribution in [0.4, 0.5) is 5.69 Å². The van der Waals surface area contributed by atoms with Crippen LogP contribution in [0.1, 0.15) is 11.1 Å². The quantitative estimate of drug-likeness (QED) is 0.670. The summed E-state index contributed by atoms with van der Waals surface area (Å²) in [6.07, 6.45) is 0.953. The molecule has 0 spiro atoms. The lowest BCUT2D eigenvalue weighted by molar-refractivity contribution is 1.23. The lowest BCUT2D eigenvalue weighted by atomic mass is 10.0. The Labute approximate surface area is 105 Å². The van der Waals surface area contributed by atoms with Crippen LogP contribution in [0.2, 0.25) is 0 Å². The molecule has 0 bridgehead atoms. The van der Waals surface area contributed by atoms with Crippen molar-refractivity contribution in [3.05, 3.63) is 65.0 Å². The van der Waals surface area contributed by atoms with Crippen molar-refractivity contribution in [3.8, 4) is 0 Å². The molecule has 0 radical (unpaired) electrons. The van der Waals surface area contributed by atoms with Gasteiger partial charge in [-0.05, 0) is 46.5 Å². The first-order valence-corrected chi connectivity index (χ1v) is 6.50. The van der Waals surface area contributed by atoms with Crippen LogP contribution in [-0.2, 0) is 6.42 Å². The molecule has 2 heteroatoms. The van der Waals surface area contributed by atoms with Crippen LogP contribution in [0.5, 0.6) is 0 Å². The molecule has 1 aromatic heterocycles. The van der Waals surface area contributed by atoms with Gasteiger partial charge in [-0.3, -0.25) is 0 Å². The number of fused-ring (bicyclic) bond motifs is 1. The molecule has 3 aromatic rings. The smallest absolute Gasteiger partial charge is 0.0345 e. The van der Waals surface area contributed by atoms with Crippen LogP contribution in [0.25, 0.3) is 10.1 Å². The van der Waals surface area contributed by atoms with E-state index < -0.39 is 0 Å². The standard InChI is InChI=1S/C15H13NS/c16-13-5-3-4-11(9-13)8-12-10-17-15-7-2-1-6-14(12)15/h1-7,9-10H,8,16H2. The zero-order valence-electron chi connectivity index (χ0n) is 9.39. The van der Waals surface area contributed by atoms with Crippen LogP contribution in [-0.4, -0.2) is 0 Å². The van der Waals surface area contributed by atoms with Gasteiger partial charge in [0, 0.05) is 10.4 Å². The third-order valence-corrected chi connectivity index (χ3v) is 3.92. The van der Waals surface area contributed by atoms with Crippen molar-refractivity contribution in [2.45, 2.75) is 6.42 Å². The molecule has 17 heavy (non-hydrogen) atoms. The zero-order valence-corrected chi connectivity index (χ0v) is 10.2. The molecule has 0 aliphatic carbocycles. The first-order chi connectivity index (χ1) is 8.33. The Morgan fingerprint density at radius 2 is 1.88 bits per heavy atom. The van der Waals surface area contributed by atoms with Crippen LogP contribution in [0.3, 0.4) is 0 Å². The number of anilines is 1. The molecular weight excluding hydrogens is 226 g/mol. The third kappa shape index (κ3) is 2.04. The van der Waals surface area contributed by atoms with Crippen molar-refractivity contribution < 1.29 is 0 Å². The van der Waals surface area contributed by atoms with Crippen molar-refractivity contribution in [2.24, 2.45) is 0 Å². The van der Waals surface area contributed by atoms with E-state index in [0.717, 1.165) is 12.1 Å². The fourth-order valence-electron chi connectivity index (χ4n) is 2.09. The number of nitrogen functional groups attached to an aromatic ring is 1. The van der Waals surface area contributed by atoms with E-state index in [-0.39, 0.29) is 0 Å². The van der Waals surface area contributed by atoms with E-state index >= 15 is 0 Å². The number of benzene rings is 2. The summed E-state index contributed by atoms with van der Waals surface area (Å²) in [6, 6.07) is 16.7. The average molecular weight is 239 g/mol. The summed E-state index contributed by atoms with van der Waals surface area (Å²) in [5.74, 6) is 0. The first kappa shape index (κ1) is 10.4. The predicted molar refractivity (Wildman–Crippen MR) is 75.5 cm³/mol. The minimum Gasteiger partial charge on any atom is -0.399 e. The Morgan fingerprint density at radius 1 is 1.00 bits per heavy atom. The van der Waals surface area contributed by atoms with Crippen LogP contribution in [0.15, 0.2) is 53.9 Å². The zero-order chi connectivity index (χ0) is 11.7. The van der Waals surface area contributed by atoms with Crippen LogP contribution < -0.4 is 5.73 Å². The minimum absolute atomic E-state index is 0.835. The van der Waals surface area contributed by atoms with Crippen molar-refractivity contribution in [1.82, 2.24) is 0 Å². The van der Waals surface area contributed by atoms with E-state index in [0.29, 0.717) is 0 Å². The fraction of sp³-hybridized carbons (Fsp3) is 0.0667. The van der Waals surface area contributed by atoms with E-state index in [1.807, 2.05) is 18.2 Å². The highest BCUT2D eigenvalue weighted by atomic mass is 32.1. The Morgan fingerprint density at radius 3 is 2.76 bits per heavy atom. The average Bonchev–Trinajstić information content (AvgIpc) is 2.73. The number of rotatable bonds is 2. The maximum absolute atomic E-state index is 5.80. The molecule has 84 valence electrons. The SMILES string of the molecule is Nc1cccc(Cc2csc3ccccc23)c1. The van der Waals surface area contributed by atoms with E-state index in [2.05, 4.69) is 35.7 Å². The van der Waals surface area contributed by atoms with Gasteiger partial charge in [-0.1, -0.05) is 30.3 Å². The maximum Gasteiger partial charge on any atom is 0.0345 e. The second kappa shape index (κ2) is 4.22. The van der Waals surface area contributed by atoms with E-state index in [4.69, 9.17) is 5.73 Å². The summed E-state index contributed by atoms with van der Waals surface area (Å²) >= 11 is 1.81. The highest BCUT2D eigenvalue weighted by Gasteiger charge is 2.04. The van der Waals surface area contributed by atoms with Gasteiger partial charge in [0.1, 0.15) is 0 Å². The Hall–Kier alpha value is -1.80. The minimum atomic E-state index is 0.835. The molecular formula is C15H13NS. The number of nitrogens with two attached hydrogens (primary N) is 1. The molecule has 2 N–H and O–H groups in total. The van der Waals surface area contributed by atoms with E-state index in [1.54, 1.807) is 11.3 Å². The van der Waals surface area contributed by atoms with Gasteiger partial charge in [0.15, 0.2) is 0 Å². The normalized spacial score (nSPS) is 10.8. The second-order valence-electron chi connectivity index (χ2n) is 4.18. The summed E-state index contributed by atoms with van der Waals surface area (Å²) in [5, 5.41) is 3.60. The molecule has 0 aliphatic rings. The maximum atomic E-state index is 5.80. The van der Waals surface area contributed by atoms with Gasteiger partial charge in [-0.2, -0.15) is 0 Å². The van der Waals surface area contributed by atoms with Gasteiger partial charge in [0.25, 0.3) is 0 Å². The molecule has 0 fully saturated rings. The predicted octanol–water partition coefficient (Wildman–Crippen LogP) is 4.07. The summed E-state index contributed by atoms with van der Waals surface area (Å²) < 4.78 is 1.35. The Bertz CT molecular complexity index is 655. The first-order valence-electron chi connectivity index (χ1n) is 5.62. The van der Waals surface area contributed by atoms with Gasteiger partial charge in [-0.15, -0.1) is 11.3 Å². The molecule has 1 heterocycles. The van der Waals surface area contributed by atoms with Gasteiger partial charge < -0.3 is 5.73 Å². The molecule has 2 aromatic carbocycles. The molecule has 0 amide bonds. The van der Waals surface area contributed by atoms with Gasteiger partial charge in [0.2, 0.25) is 0 Å². The molecule has 0 saturated heterocycles. The van der Waals surface area contributed by atoms with Crippen LogP contribution >= 0.6 is 11.3 Å². The lowest BCUT2D eigenvalue weighted by Crippen LogP contribution is -1.89. The molecule has 0 unspecified atom stereocenters. The van der Waals surface area contributed by atoms with E-state index in [9.17, 15) is 0 Å². The summed E-state index contributed by atoms with van der Waals surface area (Å²) in [4.78, 5) is 0. The Balaban J connectivity index is 2.00. The Kier molecular flexibility index (Phi) is 2.57. The highest BCUT2D eigenvalue weighted by Crippen LogP contribution is 2.27. The highest BCUT2D eigenvalue weighted by molar-refractivity contribution is 7.17. The summed E-state index contributed by atoms with van der Waals surface area (Å²) in [7, 11) is 0. The molecule has 0 saturated carbocycles. The molecule has 1 nitrogen and oxygen atoms in total. The number of hydrogen-bond acceptors (Lipinski definition) is 2. The molecule has 0 atom stereocenters. The second-order valence-corrected chi connectivity index (χ2v) is 5.09. The fourth-order valence-corrected chi connectivity index (χ4v) is 3.06. The summed E-state index contributed by atoms with van der Waals surface area (Å²) in [6.45, 7) is 0. The van der Waals surface area contributed by atoms with Crippen molar-refractivity contribution in [1.29, 1.82) is 0 Å². The van der Waals surface area contributed by atoms with Gasteiger partial charge in [0.05, 0.1) is 0 Å². The van der Waals surface area contributed by atoms with Crippen molar-refractivity contribution >= 4 is 27.1 Å². The van der Waals surface area contributed by atoms with Crippen molar-refractivity contribution in [3.63, 3.8) is 0 Å². The molecule has 3 rings (SSSR count). The van der Waals surface area contributed by atoms with Gasteiger partial charge in [-0.25, -0.2) is 0 Å². The largest absolute Gasteiger partial charge is 0.399 e. The van der Waals surface area contributed by atoms with Crippen molar-refractivity contribution in [2.75, 3.05) is 5.73 Å². The number of hydrogen-bond donors (Lipinski definition) is 1. The third-order valence-electron chi connectivity index (χ3n) is 2.91. The summed E-state index contributed by atoms with van der Waals surface area (Å²) in [5.41, 5.74) is 9.30. The van der Waals surface area contributed by atoms with Gasteiger partial charge >= 0.3 is 0 Å². The molecule has 0 aliphatic heterocycles. The topological polar surface area (TPSA) is 26.0 Å². The monoisotopic (exact) mass is 239 g/mol. The van der Waals surface area contributed by atoms with E-state index in [1.165, 1.54) is 21.2 Å². The number of thiophene rings is 1. The lowest BCUT2D eigenvalue weighted by Gasteiger charge is -2.01.